The monoisotopic (exact) mass is 170 g/mol. The topological polar surface area (TPSA) is 29.5 Å². The minimum absolute atomic E-state index is 0.150. The van der Waals surface area contributed by atoms with Crippen LogP contribution in [0.4, 0.5) is 0 Å². The molecule has 0 saturated carbocycles. The second-order valence-corrected chi connectivity index (χ2v) is 2.75. The van der Waals surface area contributed by atoms with Crippen LogP contribution in [0.15, 0.2) is 30.3 Å². The summed E-state index contributed by atoms with van der Waals surface area (Å²) in [6, 6.07) is 9.52. The smallest absolute Gasteiger partial charge is 0.137 e. The zero-order valence-electron chi connectivity index (χ0n) is 6.06. The molecule has 3 heteroatoms. The molecule has 0 atom stereocenters. The summed E-state index contributed by atoms with van der Waals surface area (Å²) >= 11 is 1.26. The number of hydrogen-bond acceptors (Lipinski definition) is 3. The van der Waals surface area contributed by atoms with Crippen molar-refractivity contribution >= 4 is 12.0 Å². The summed E-state index contributed by atoms with van der Waals surface area (Å²) in [5, 5.41) is 8.44. The van der Waals surface area contributed by atoms with Gasteiger partial charge in [-0.1, -0.05) is 18.2 Å². The summed E-state index contributed by atoms with van der Waals surface area (Å²) in [4.78, 5) is 0. The van der Waals surface area contributed by atoms with E-state index < -0.39 is 0 Å². The summed E-state index contributed by atoms with van der Waals surface area (Å²) in [5.41, 5.74) is 0. The van der Waals surface area contributed by atoms with E-state index in [1.165, 1.54) is 12.0 Å². The van der Waals surface area contributed by atoms with Gasteiger partial charge in [-0.25, -0.2) is 0 Å². The first-order valence-electron chi connectivity index (χ1n) is 3.39. The molecule has 0 amide bonds. The molecule has 1 aromatic carbocycles. The van der Waals surface area contributed by atoms with Crippen molar-refractivity contribution in [2.75, 3.05) is 12.4 Å². The van der Waals surface area contributed by atoms with E-state index in [9.17, 15) is 0 Å². The molecule has 60 valence electrons. The average Bonchev–Trinajstić information content (AvgIpc) is 2.07. The maximum Gasteiger partial charge on any atom is 0.137 e. The van der Waals surface area contributed by atoms with Gasteiger partial charge in [-0.15, -0.1) is 0 Å². The number of benzene rings is 1. The zero-order chi connectivity index (χ0) is 7.94. The van der Waals surface area contributed by atoms with E-state index >= 15 is 0 Å². The quantitative estimate of drug-likeness (QED) is 0.551. The molecule has 0 radical (unpaired) electrons. The largest absolute Gasteiger partial charge is 0.426 e. The Hall–Kier alpha value is -0.670. The third-order valence-electron chi connectivity index (χ3n) is 1.07. The fraction of sp³-hybridized carbons (Fsp3) is 0.250. The molecule has 0 aliphatic carbocycles. The highest BCUT2D eigenvalue weighted by Crippen LogP contribution is 2.14. The molecule has 1 rings (SSSR count). The highest BCUT2D eigenvalue weighted by Gasteiger charge is 1.90. The Morgan fingerprint density at radius 3 is 2.64 bits per heavy atom. The minimum Gasteiger partial charge on any atom is -0.426 e. The van der Waals surface area contributed by atoms with Crippen LogP contribution in [0.3, 0.4) is 0 Å². The normalized spacial score (nSPS) is 9.55. The zero-order valence-corrected chi connectivity index (χ0v) is 6.88. The molecule has 0 heterocycles. The Morgan fingerprint density at radius 2 is 2.00 bits per heavy atom. The first kappa shape index (κ1) is 8.43. The molecule has 1 N–H and O–H groups in total. The van der Waals surface area contributed by atoms with Gasteiger partial charge in [-0.2, -0.15) is 0 Å². The molecule has 0 spiro atoms. The van der Waals surface area contributed by atoms with Gasteiger partial charge in [0.15, 0.2) is 0 Å². The van der Waals surface area contributed by atoms with Gasteiger partial charge in [0.1, 0.15) is 5.75 Å². The summed E-state index contributed by atoms with van der Waals surface area (Å²) in [7, 11) is 0. The highest BCUT2D eigenvalue weighted by molar-refractivity contribution is 7.95. The van der Waals surface area contributed by atoms with Gasteiger partial charge in [0.05, 0.1) is 24.4 Å². The number of aliphatic hydroxyl groups excluding tert-OH is 1. The van der Waals surface area contributed by atoms with Gasteiger partial charge in [-0.3, -0.25) is 0 Å². The molecular weight excluding hydrogens is 160 g/mol. The van der Waals surface area contributed by atoms with E-state index in [0.29, 0.717) is 5.75 Å². The minimum atomic E-state index is 0.150. The highest BCUT2D eigenvalue weighted by atomic mass is 32.2. The van der Waals surface area contributed by atoms with Crippen molar-refractivity contribution in [1.82, 2.24) is 0 Å². The predicted octanol–water partition coefficient (Wildman–Crippen LogP) is 1.71. The summed E-state index contributed by atoms with van der Waals surface area (Å²) in [6.07, 6.45) is 0. The summed E-state index contributed by atoms with van der Waals surface area (Å²) < 4.78 is 5.20. The van der Waals surface area contributed by atoms with Crippen molar-refractivity contribution in [3.8, 4) is 5.75 Å². The van der Waals surface area contributed by atoms with Gasteiger partial charge in [-0.05, 0) is 12.1 Å². The van der Waals surface area contributed by atoms with Crippen LogP contribution >= 0.6 is 12.0 Å². The first-order chi connectivity index (χ1) is 5.43. The van der Waals surface area contributed by atoms with Crippen molar-refractivity contribution in [3.05, 3.63) is 30.3 Å². The Labute approximate surface area is 70.4 Å². The molecule has 0 fully saturated rings. The van der Waals surface area contributed by atoms with E-state index in [4.69, 9.17) is 9.29 Å². The fourth-order valence-corrected chi connectivity index (χ4v) is 1.03. The van der Waals surface area contributed by atoms with Gasteiger partial charge >= 0.3 is 0 Å². The lowest BCUT2D eigenvalue weighted by atomic mass is 10.3. The molecule has 1 aromatic rings. The van der Waals surface area contributed by atoms with Crippen molar-refractivity contribution in [3.63, 3.8) is 0 Å². The van der Waals surface area contributed by atoms with Crippen LogP contribution in [0, 0.1) is 0 Å². The first-order valence-corrected chi connectivity index (χ1v) is 4.30. The number of hydrogen-bond donors (Lipinski definition) is 1. The fourth-order valence-electron chi connectivity index (χ4n) is 0.623. The lowest BCUT2D eigenvalue weighted by Gasteiger charge is -2.00. The van der Waals surface area contributed by atoms with Crippen LogP contribution in [0.2, 0.25) is 0 Å². The lowest BCUT2D eigenvalue weighted by Crippen LogP contribution is -1.89. The summed E-state index contributed by atoms with van der Waals surface area (Å²) in [5.74, 6) is 1.43. The Bertz CT molecular complexity index is 189. The van der Waals surface area contributed by atoms with Crippen LogP contribution in [0.5, 0.6) is 5.75 Å². The molecule has 0 unspecified atom stereocenters. The van der Waals surface area contributed by atoms with Crippen LogP contribution in [0.25, 0.3) is 0 Å². The van der Waals surface area contributed by atoms with Crippen LogP contribution < -0.4 is 4.18 Å². The third-order valence-corrected chi connectivity index (χ3v) is 1.73. The van der Waals surface area contributed by atoms with Crippen molar-refractivity contribution in [2.45, 2.75) is 0 Å². The Kier molecular flexibility index (Phi) is 3.86. The van der Waals surface area contributed by atoms with Crippen molar-refractivity contribution < 1.29 is 9.29 Å². The van der Waals surface area contributed by atoms with E-state index in [2.05, 4.69) is 0 Å². The maximum absolute atomic E-state index is 8.44. The third kappa shape index (κ3) is 3.30. The molecule has 0 saturated heterocycles. The van der Waals surface area contributed by atoms with Gasteiger partial charge < -0.3 is 9.29 Å². The van der Waals surface area contributed by atoms with Gasteiger partial charge in [0.25, 0.3) is 0 Å². The molecule has 0 aliphatic rings. The molecule has 0 aliphatic heterocycles. The van der Waals surface area contributed by atoms with Gasteiger partial charge in [0.2, 0.25) is 0 Å². The second kappa shape index (κ2) is 5.04. The van der Waals surface area contributed by atoms with E-state index in [-0.39, 0.29) is 6.61 Å². The maximum atomic E-state index is 8.44. The standard InChI is InChI=1S/C8H10O2S/c9-6-7-11-10-8-4-2-1-3-5-8/h1-5,9H,6-7H2. The lowest BCUT2D eigenvalue weighted by molar-refractivity contribution is 0.321. The van der Waals surface area contributed by atoms with Crippen molar-refractivity contribution in [1.29, 1.82) is 0 Å². The predicted molar refractivity (Wildman–Crippen MR) is 46.6 cm³/mol. The van der Waals surface area contributed by atoms with Crippen molar-refractivity contribution in [2.24, 2.45) is 0 Å². The molecule has 2 nitrogen and oxygen atoms in total. The van der Waals surface area contributed by atoms with E-state index in [1.54, 1.807) is 0 Å². The Balaban J connectivity index is 2.28. The van der Waals surface area contributed by atoms with E-state index in [0.717, 1.165) is 5.75 Å². The number of rotatable bonds is 4. The average molecular weight is 170 g/mol. The Morgan fingerprint density at radius 1 is 1.27 bits per heavy atom. The molecule has 0 bridgehead atoms. The molecule has 0 aromatic heterocycles. The van der Waals surface area contributed by atoms with Crippen LogP contribution in [-0.2, 0) is 0 Å². The van der Waals surface area contributed by atoms with Gasteiger partial charge in [0, 0.05) is 0 Å². The molecule has 11 heavy (non-hydrogen) atoms. The molecular formula is C8H10O2S. The van der Waals surface area contributed by atoms with E-state index in [1.807, 2.05) is 30.3 Å². The van der Waals surface area contributed by atoms with Crippen LogP contribution in [-0.4, -0.2) is 17.5 Å². The SMILES string of the molecule is OCCSOc1ccccc1. The second-order valence-electron chi connectivity index (χ2n) is 1.94. The van der Waals surface area contributed by atoms with Crippen LogP contribution in [0.1, 0.15) is 0 Å². The summed E-state index contributed by atoms with van der Waals surface area (Å²) in [6.45, 7) is 0.150. The number of para-hydroxylation sites is 1. The number of aliphatic hydroxyl groups is 1.